The summed E-state index contributed by atoms with van der Waals surface area (Å²) in [5.74, 6) is -0.180. The van der Waals surface area contributed by atoms with Crippen LogP contribution in [0.3, 0.4) is 0 Å². The van der Waals surface area contributed by atoms with Gasteiger partial charge < -0.3 is 28.8 Å². The van der Waals surface area contributed by atoms with E-state index in [9.17, 15) is 19.4 Å². The molecule has 0 aromatic carbocycles. The minimum Gasteiger partial charge on any atom is -0.756 e. The number of nitrogens with zero attached hydrogens (tertiary/aromatic N) is 1. The zero-order valence-electron chi connectivity index (χ0n) is 30.5. The van der Waals surface area contributed by atoms with Crippen LogP contribution in [0.4, 0.5) is 0 Å². The molecule has 0 aromatic heterocycles. The largest absolute Gasteiger partial charge is 0.756 e. The number of hydrogen-bond donors (Lipinski definition) is 2. The molecule has 0 radical (unpaired) electrons. The SMILES string of the molecule is CCCCCC/C=C\C/C=C\CCCCCCCCCC(=O)NC(COP(=O)([O-])OCC[N+](C)(C)C)C(O)CCCCCCCC. The molecule has 0 aliphatic carbocycles. The van der Waals surface area contributed by atoms with E-state index in [-0.39, 0.29) is 19.1 Å². The highest BCUT2D eigenvalue weighted by atomic mass is 31.2. The van der Waals surface area contributed by atoms with Crippen LogP contribution in [0.5, 0.6) is 0 Å². The molecule has 0 aliphatic heterocycles. The van der Waals surface area contributed by atoms with Gasteiger partial charge in [-0.1, -0.05) is 128 Å². The molecule has 9 heteroatoms. The highest BCUT2D eigenvalue weighted by Crippen LogP contribution is 2.38. The van der Waals surface area contributed by atoms with Crippen molar-refractivity contribution in [1.82, 2.24) is 5.32 Å². The van der Waals surface area contributed by atoms with Crippen molar-refractivity contribution in [2.24, 2.45) is 0 Å². The number of likely N-dealkylation sites (N-methyl/N-ethyl adjacent to an activating group) is 1. The first kappa shape index (κ1) is 45.0. The van der Waals surface area contributed by atoms with Crippen molar-refractivity contribution in [3.8, 4) is 0 Å². The van der Waals surface area contributed by atoms with Crippen molar-refractivity contribution in [3.05, 3.63) is 24.3 Å². The van der Waals surface area contributed by atoms with Gasteiger partial charge in [-0.05, 0) is 44.9 Å². The Hall–Kier alpha value is -1.02. The van der Waals surface area contributed by atoms with Crippen LogP contribution in [0.1, 0.15) is 155 Å². The van der Waals surface area contributed by atoms with Crippen molar-refractivity contribution in [2.75, 3.05) is 40.9 Å². The molecule has 3 atom stereocenters. The lowest BCUT2D eigenvalue weighted by Crippen LogP contribution is -2.46. The van der Waals surface area contributed by atoms with Crippen molar-refractivity contribution < 1.29 is 32.9 Å². The number of allylic oxidation sites excluding steroid dienone is 4. The lowest BCUT2D eigenvalue weighted by Gasteiger charge is -2.30. The van der Waals surface area contributed by atoms with E-state index in [0.29, 0.717) is 23.9 Å². The average Bonchev–Trinajstić information content (AvgIpc) is 2.99. The monoisotopic (exact) mass is 673 g/mol. The predicted octanol–water partition coefficient (Wildman–Crippen LogP) is 8.77. The molecule has 8 nitrogen and oxygen atoms in total. The highest BCUT2D eigenvalue weighted by molar-refractivity contribution is 7.45. The quantitative estimate of drug-likeness (QED) is 0.0312. The van der Waals surface area contributed by atoms with E-state index in [1.807, 2.05) is 21.1 Å². The first-order chi connectivity index (χ1) is 22.0. The van der Waals surface area contributed by atoms with Gasteiger partial charge in [0.15, 0.2) is 0 Å². The summed E-state index contributed by atoms with van der Waals surface area (Å²) in [7, 11) is 1.29. The molecule has 0 heterocycles. The Morgan fingerprint density at radius 1 is 0.761 bits per heavy atom. The van der Waals surface area contributed by atoms with Gasteiger partial charge >= 0.3 is 0 Å². The summed E-state index contributed by atoms with van der Waals surface area (Å²) in [6.45, 7) is 4.60. The summed E-state index contributed by atoms with van der Waals surface area (Å²) >= 11 is 0. The molecule has 2 N–H and O–H groups in total. The lowest BCUT2D eigenvalue weighted by atomic mass is 10.0. The summed E-state index contributed by atoms with van der Waals surface area (Å²) in [4.78, 5) is 25.0. The van der Waals surface area contributed by atoms with Crippen LogP contribution in [-0.4, -0.2) is 68.5 Å². The standard InChI is InChI=1S/C37H73N2O6P/c1-6-8-10-12-14-15-16-17-18-19-20-21-22-23-24-25-27-29-31-37(41)38-35(36(40)30-28-26-13-11-9-7-2)34-45-46(42,43)44-33-32-39(3,4)5/h15-16,18-19,35-36,40H,6-14,17,20-34H2,1-5H3,(H-,38,41,42,43)/b16-15-,19-18-. The molecule has 0 spiro atoms. The number of amides is 1. The Labute approximate surface area is 284 Å². The fourth-order valence-corrected chi connectivity index (χ4v) is 5.85. The Bertz CT molecular complexity index is 814. The number of aliphatic hydroxyl groups excluding tert-OH is 1. The van der Waals surface area contributed by atoms with Gasteiger partial charge in [0.2, 0.25) is 5.91 Å². The van der Waals surface area contributed by atoms with Gasteiger partial charge in [0, 0.05) is 6.42 Å². The van der Waals surface area contributed by atoms with Crippen LogP contribution in [0.15, 0.2) is 24.3 Å². The normalized spacial score (nSPS) is 15.0. The minimum atomic E-state index is -4.55. The van der Waals surface area contributed by atoms with Crippen LogP contribution in [0.25, 0.3) is 0 Å². The highest BCUT2D eigenvalue weighted by Gasteiger charge is 2.24. The Morgan fingerprint density at radius 3 is 1.83 bits per heavy atom. The number of carbonyl (C=O) groups is 1. The predicted molar refractivity (Wildman–Crippen MR) is 192 cm³/mol. The molecule has 0 fully saturated rings. The van der Waals surface area contributed by atoms with Gasteiger partial charge in [-0.15, -0.1) is 0 Å². The third-order valence-corrected chi connectivity index (χ3v) is 9.16. The van der Waals surface area contributed by atoms with Gasteiger partial charge in [-0.2, -0.15) is 0 Å². The van der Waals surface area contributed by atoms with E-state index in [1.54, 1.807) is 0 Å². The summed E-state index contributed by atoms with van der Waals surface area (Å²) in [6.07, 6.45) is 32.0. The van der Waals surface area contributed by atoms with Crippen LogP contribution in [0, 0.1) is 0 Å². The maximum atomic E-state index is 12.7. The molecule has 3 unspecified atom stereocenters. The Morgan fingerprint density at radius 2 is 1.26 bits per heavy atom. The summed E-state index contributed by atoms with van der Waals surface area (Å²) in [5, 5.41) is 13.7. The fourth-order valence-electron chi connectivity index (χ4n) is 5.13. The van der Waals surface area contributed by atoms with Crippen LogP contribution >= 0.6 is 7.82 Å². The molecule has 272 valence electrons. The number of phosphoric acid groups is 1. The number of rotatable bonds is 33. The average molecular weight is 673 g/mol. The number of unbranched alkanes of at least 4 members (excludes halogenated alkanes) is 16. The molecule has 1 amide bonds. The Kier molecular flexibility index (Phi) is 29.4. The molecular weight excluding hydrogens is 599 g/mol. The van der Waals surface area contributed by atoms with Crippen LogP contribution in [-0.2, 0) is 18.4 Å². The second kappa shape index (κ2) is 30.1. The third-order valence-electron chi connectivity index (χ3n) is 8.19. The van der Waals surface area contributed by atoms with Crippen LogP contribution in [0.2, 0.25) is 0 Å². The maximum absolute atomic E-state index is 12.7. The molecular formula is C37H73N2O6P. The van der Waals surface area contributed by atoms with E-state index in [1.165, 1.54) is 77.0 Å². The smallest absolute Gasteiger partial charge is 0.268 e. The topological polar surface area (TPSA) is 108 Å². The number of quaternary nitrogens is 1. The summed E-state index contributed by atoms with van der Waals surface area (Å²) < 4.78 is 23.0. The molecule has 0 aromatic rings. The van der Waals surface area contributed by atoms with Gasteiger partial charge in [0.25, 0.3) is 7.82 Å². The fraction of sp³-hybridized carbons (Fsp3) is 0.865. The lowest BCUT2D eigenvalue weighted by molar-refractivity contribution is -0.870. The molecule has 0 aliphatic rings. The number of nitrogens with one attached hydrogen (secondary N) is 1. The molecule has 0 rings (SSSR count). The first-order valence-electron chi connectivity index (χ1n) is 18.7. The van der Waals surface area contributed by atoms with Crippen LogP contribution < -0.4 is 10.2 Å². The van der Waals surface area contributed by atoms with E-state index < -0.39 is 20.0 Å². The summed E-state index contributed by atoms with van der Waals surface area (Å²) in [5.41, 5.74) is 0. The van der Waals surface area contributed by atoms with Gasteiger partial charge in [0.05, 0.1) is 39.9 Å². The first-order valence-corrected chi connectivity index (χ1v) is 20.1. The summed E-state index contributed by atoms with van der Waals surface area (Å²) in [6, 6.07) is -0.798. The number of hydrogen-bond acceptors (Lipinski definition) is 6. The number of phosphoric ester groups is 1. The van der Waals surface area contributed by atoms with E-state index in [4.69, 9.17) is 9.05 Å². The zero-order chi connectivity index (χ0) is 34.4. The Balaban J connectivity index is 4.29. The molecule has 0 bridgehead atoms. The number of carbonyl (C=O) groups excluding carboxylic acids is 1. The van der Waals surface area contributed by atoms with Gasteiger partial charge in [-0.25, -0.2) is 0 Å². The molecule has 46 heavy (non-hydrogen) atoms. The second-order valence-electron chi connectivity index (χ2n) is 13.9. The van der Waals surface area contributed by atoms with E-state index in [2.05, 4.69) is 43.5 Å². The van der Waals surface area contributed by atoms with Crippen molar-refractivity contribution in [1.29, 1.82) is 0 Å². The third kappa shape index (κ3) is 31.6. The van der Waals surface area contributed by atoms with Gasteiger partial charge in [0.1, 0.15) is 13.2 Å². The van der Waals surface area contributed by atoms with Crippen molar-refractivity contribution in [2.45, 2.75) is 167 Å². The van der Waals surface area contributed by atoms with E-state index in [0.717, 1.165) is 51.4 Å². The van der Waals surface area contributed by atoms with Gasteiger partial charge in [-0.3, -0.25) is 9.36 Å². The zero-order valence-corrected chi connectivity index (χ0v) is 31.4. The molecule has 0 saturated heterocycles. The van der Waals surface area contributed by atoms with Crippen molar-refractivity contribution in [3.63, 3.8) is 0 Å². The minimum absolute atomic E-state index is 0.00976. The molecule has 0 saturated carbocycles. The van der Waals surface area contributed by atoms with E-state index >= 15 is 0 Å². The second-order valence-corrected chi connectivity index (χ2v) is 15.3. The number of aliphatic hydroxyl groups is 1. The van der Waals surface area contributed by atoms with Crippen molar-refractivity contribution >= 4 is 13.7 Å². The maximum Gasteiger partial charge on any atom is 0.268 e.